The molecule has 1 amide bonds. The monoisotopic (exact) mass is 572 g/mol. The third kappa shape index (κ3) is 8.58. The summed E-state index contributed by atoms with van der Waals surface area (Å²) in [6.45, 7) is 5.08. The van der Waals surface area contributed by atoms with Gasteiger partial charge in [-0.05, 0) is 95.6 Å². The Bertz CT molecular complexity index is 1130. The Morgan fingerprint density at radius 1 is 0.902 bits per heavy atom. The van der Waals surface area contributed by atoms with E-state index in [1.807, 2.05) is 4.57 Å². The number of amides is 1. The van der Waals surface area contributed by atoms with Crippen LogP contribution in [0.5, 0.6) is 0 Å². The molecular formula is C32H48N2O7. The molecule has 0 bridgehead atoms. The van der Waals surface area contributed by atoms with Gasteiger partial charge in [-0.25, -0.2) is 9.59 Å². The molecule has 4 rings (SSSR count). The first kappa shape index (κ1) is 31.1. The Labute approximate surface area is 243 Å². The molecule has 2 fully saturated rings. The second-order valence-corrected chi connectivity index (χ2v) is 12.7. The van der Waals surface area contributed by atoms with E-state index in [1.54, 1.807) is 6.07 Å². The smallest absolute Gasteiger partial charge is 0.431 e. The minimum absolute atomic E-state index is 0.0568. The first-order chi connectivity index (χ1) is 19.6. The first-order valence-corrected chi connectivity index (χ1v) is 15.8. The van der Waals surface area contributed by atoms with Crippen LogP contribution in [0.3, 0.4) is 0 Å². The van der Waals surface area contributed by atoms with E-state index in [4.69, 9.17) is 14.2 Å². The summed E-state index contributed by atoms with van der Waals surface area (Å²) < 4.78 is 17.7. The highest BCUT2D eigenvalue weighted by Gasteiger charge is 2.35. The maximum Gasteiger partial charge on any atom is 0.511 e. The maximum absolute atomic E-state index is 13.8. The van der Waals surface area contributed by atoms with Crippen molar-refractivity contribution in [3.63, 3.8) is 0 Å². The van der Waals surface area contributed by atoms with E-state index in [9.17, 15) is 19.2 Å². The second kappa shape index (κ2) is 14.4. The van der Waals surface area contributed by atoms with E-state index in [1.165, 1.54) is 40.0 Å². The summed E-state index contributed by atoms with van der Waals surface area (Å²) >= 11 is 0. The molecule has 1 aromatic heterocycles. The highest BCUT2D eigenvalue weighted by atomic mass is 16.8. The van der Waals surface area contributed by atoms with Crippen LogP contribution in [0.25, 0.3) is 0 Å². The molecule has 0 aromatic carbocycles. The summed E-state index contributed by atoms with van der Waals surface area (Å²) in [5, 5.41) is 2.70. The molecule has 1 heterocycles. The molecule has 1 unspecified atom stereocenters. The van der Waals surface area contributed by atoms with Gasteiger partial charge < -0.3 is 24.1 Å². The van der Waals surface area contributed by atoms with E-state index in [0.717, 1.165) is 94.7 Å². The van der Waals surface area contributed by atoms with Crippen molar-refractivity contribution in [3.8, 4) is 0 Å². The number of nitrogens with one attached hydrogen (secondary N) is 1. The molecule has 41 heavy (non-hydrogen) atoms. The summed E-state index contributed by atoms with van der Waals surface area (Å²) in [5.41, 5.74) is 0.429. The average Bonchev–Trinajstić information content (AvgIpc) is 2.91. The van der Waals surface area contributed by atoms with Crippen LogP contribution in [0.2, 0.25) is 0 Å². The van der Waals surface area contributed by atoms with Crippen LogP contribution in [0.15, 0.2) is 10.9 Å². The van der Waals surface area contributed by atoms with Gasteiger partial charge in [0.15, 0.2) is 0 Å². The number of fused-ring (bicyclic) bond motifs is 1. The molecule has 228 valence electrons. The van der Waals surface area contributed by atoms with Crippen molar-refractivity contribution in [2.75, 3.05) is 0 Å². The van der Waals surface area contributed by atoms with Gasteiger partial charge in [0.25, 0.3) is 11.5 Å². The first-order valence-electron chi connectivity index (χ1n) is 15.8. The van der Waals surface area contributed by atoms with Gasteiger partial charge in [0.1, 0.15) is 17.2 Å². The largest absolute Gasteiger partial charge is 0.511 e. The van der Waals surface area contributed by atoms with E-state index in [-0.39, 0.29) is 17.2 Å². The summed E-state index contributed by atoms with van der Waals surface area (Å²) in [4.78, 5) is 52.4. The van der Waals surface area contributed by atoms with Gasteiger partial charge >= 0.3 is 12.1 Å². The lowest BCUT2D eigenvalue weighted by atomic mass is 9.88. The fourth-order valence-corrected chi connectivity index (χ4v) is 6.42. The zero-order valence-corrected chi connectivity index (χ0v) is 25.1. The molecule has 9 nitrogen and oxygen atoms in total. The van der Waals surface area contributed by atoms with Crippen molar-refractivity contribution < 1.29 is 28.6 Å². The lowest BCUT2D eigenvalue weighted by molar-refractivity contribution is -0.175. The Morgan fingerprint density at radius 3 is 2.20 bits per heavy atom. The molecule has 9 heteroatoms. The lowest BCUT2D eigenvalue weighted by Gasteiger charge is -2.28. The Kier molecular flexibility index (Phi) is 10.9. The molecule has 3 aliphatic rings. The van der Waals surface area contributed by atoms with Crippen molar-refractivity contribution in [2.24, 2.45) is 5.92 Å². The van der Waals surface area contributed by atoms with Gasteiger partial charge in [-0.3, -0.25) is 9.59 Å². The van der Waals surface area contributed by atoms with Crippen LogP contribution in [-0.2, 0) is 38.4 Å². The molecule has 0 spiro atoms. The van der Waals surface area contributed by atoms with Crippen LogP contribution in [0.4, 0.5) is 4.79 Å². The standard InChI is InChI=1S/C32H48N2O7/c1-22(40-31(38)41-25-17-11-7-12-18-25)39-30(37)32(2,3)33-28(35)26-20-24-16-10-4-5-13-19-27(24)34(29(26)36)21-23-14-8-6-9-15-23/h20,22-23,25H,4-19,21H2,1-3H3,(H,33,35). The molecule has 0 saturated heterocycles. The van der Waals surface area contributed by atoms with Crippen LogP contribution in [0.1, 0.15) is 132 Å². The van der Waals surface area contributed by atoms with E-state index < -0.39 is 29.9 Å². The van der Waals surface area contributed by atoms with Gasteiger partial charge in [0.05, 0.1) is 0 Å². The van der Waals surface area contributed by atoms with E-state index in [0.29, 0.717) is 12.5 Å². The molecule has 2 saturated carbocycles. The van der Waals surface area contributed by atoms with Crippen molar-refractivity contribution in [2.45, 2.75) is 148 Å². The van der Waals surface area contributed by atoms with Crippen LogP contribution >= 0.6 is 0 Å². The number of hydrogen-bond donors (Lipinski definition) is 1. The molecule has 0 radical (unpaired) electrons. The number of carbonyl (C=O) groups is 3. The third-order valence-corrected chi connectivity index (χ3v) is 8.80. The topological polar surface area (TPSA) is 113 Å². The van der Waals surface area contributed by atoms with Gasteiger partial charge in [-0.1, -0.05) is 38.5 Å². The highest BCUT2D eigenvalue weighted by Crippen LogP contribution is 2.27. The summed E-state index contributed by atoms with van der Waals surface area (Å²) in [5.74, 6) is -0.950. The molecular weight excluding hydrogens is 524 g/mol. The second-order valence-electron chi connectivity index (χ2n) is 12.7. The molecule has 1 aromatic rings. The number of rotatable bonds is 8. The molecule has 1 atom stereocenters. The fraction of sp³-hybridized carbons (Fsp3) is 0.750. The van der Waals surface area contributed by atoms with Crippen LogP contribution in [0, 0.1) is 5.92 Å². The van der Waals surface area contributed by atoms with Crippen molar-refractivity contribution in [1.29, 1.82) is 0 Å². The zero-order valence-electron chi connectivity index (χ0n) is 25.1. The van der Waals surface area contributed by atoms with Gasteiger partial charge in [-0.2, -0.15) is 0 Å². The summed E-state index contributed by atoms with van der Waals surface area (Å²) in [6, 6.07) is 1.74. The van der Waals surface area contributed by atoms with Crippen molar-refractivity contribution in [1.82, 2.24) is 9.88 Å². The van der Waals surface area contributed by atoms with Crippen molar-refractivity contribution in [3.05, 3.63) is 33.2 Å². The summed E-state index contributed by atoms with van der Waals surface area (Å²) in [7, 11) is 0. The number of aryl methyl sites for hydroxylation is 1. The third-order valence-electron chi connectivity index (χ3n) is 8.80. The molecule has 1 N–H and O–H groups in total. The maximum atomic E-state index is 13.8. The Balaban J connectivity index is 1.44. The number of carbonyl (C=O) groups excluding carboxylic acids is 3. The average molecular weight is 573 g/mol. The predicted octanol–water partition coefficient (Wildman–Crippen LogP) is 5.97. The van der Waals surface area contributed by atoms with Crippen LogP contribution in [-0.4, -0.2) is 40.5 Å². The molecule has 3 aliphatic carbocycles. The number of aromatic nitrogens is 1. The Morgan fingerprint density at radius 2 is 1.51 bits per heavy atom. The highest BCUT2D eigenvalue weighted by molar-refractivity contribution is 5.97. The number of nitrogens with zero attached hydrogens (tertiary/aromatic N) is 1. The Hall–Kier alpha value is -2.84. The normalized spacial score (nSPS) is 19.7. The number of ether oxygens (including phenoxy) is 3. The number of hydrogen-bond acceptors (Lipinski definition) is 7. The molecule has 0 aliphatic heterocycles. The quantitative estimate of drug-likeness (QED) is 0.302. The number of pyridine rings is 1. The predicted molar refractivity (Wildman–Crippen MR) is 155 cm³/mol. The number of esters is 1. The van der Waals surface area contributed by atoms with Crippen molar-refractivity contribution >= 4 is 18.0 Å². The van der Waals surface area contributed by atoms with E-state index >= 15 is 0 Å². The fourth-order valence-electron chi connectivity index (χ4n) is 6.42. The summed E-state index contributed by atoms with van der Waals surface area (Å²) in [6.07, 6.45) is 14.3. The van der Waals surface area contributed by atoms with Gasteiger partial charge in [-0.15, -0.1) is 0 Å². The zero-order chi connectivity index (χ0) is 29.4. The lowest BCUT2D eigenvalue weighted by Crippen LogP contribution is -2.52. The van der Waals surface area contributed by atoms with Gasteiger partial charge in [0.2, 0.25) is 6.29 Å². The van der Waals surface area contributed by atoms with E-state index in [2.05, 4.69) is 5.32 Å². The minimum atomic E-state index is -1.47. The minimum Gasteiger partial charge on any atom is -0.431 e. The van der Waals surface area contributed by atoms with Crippen LogP contribution < -0.4 is 10.9 Å². The SMILES string of the molecule is CC(OC(=O)OC1CCCCC1)OC(=O)C(C)(C)NC(=O)c1cc2c(n(CC3CCCCC3)c1=O)CCCCCC2. The van der Waals surface area contributed by atoms with Gasteiger partial charge in [0, 0.05) is 19.2 Å².